The highest BCUT2D eigenvalue weighted by molar-refractivity contribution is 7.71. The van der Waals surface area contributed by atoms with E-state index >= 15 is 0 Å². The van der Waals surface area contributed by atoms with E-state index in [1.54, 1.807) is 6.08 Å². The minimum atomic E-state index is -0.441. The lowest BCUT2D eigenvalue weighted by Crippen LogP contribution is -2.21. The lowest BCUT2D eigenvalue weighted by molar-refractivity contribution is 0.750. The van der Waals surface area contributed by atoms with Gasteiger partial charge >= 0.3 is 5.69 Å². The molecular formula is C8H8N4O2S. The van der Waals surface area contributed by atoms with Crippen molar-refractivity contribution in [3.63, 3.8) is 0 Å². The third-order valence-electron chi connectivity index (χ3n) is 1.97. The molecule has 2 rings (SSSR count). The van der Waals surface area contributed by atoms with Crippen molar-refractivity contribution in [2.75, 3.05) is 0 Å². The molecule has 0 atom stereocenters. The Morgan fingerprint density at radius 1 is 1.33 bits per heavy atom. The maximum atomic E-state index is 11.8. The highest BCUT2D eigenvalue weighted by Crippen LogP contribution is 1.97. The molecule has 0 aliphatic rings. The predicted octanol–water partition coefficient (Wildman–Crippen LogP) is 0.261. The van der Waals surface area contributed by atoms with Crippen molar-refractivity contribution < 1.29 is 0 Å². The van der Waals surface area contributed by atoms with Gasteiger partial charge in [-0.05, 0) is 12.2 Å². The Bertz CT molecular complexity index is 687. The third kappa shape index (κ3) is 1.46. The largest absolute Gasteiger partial charge is 0.325 e. The molecule has 3 N–H and O–H groups in total. The van der Waals surface area contributed by atoms with Crippen molar-refractivity contribution >= 4 is 23.4 Å². The minimum Gasteiger partial charge on any atom is -0.316 e. The smallest absolute Gasteiger partial charge is 0.316 e. The number of rotatable bonds is 2. The second-order valence-corrected chi connectivity index (χ2v) is 3.35. The van der Waals surface area contributed by atoms with E-state index in [2.05, 4.69) is 21.5 Å². The molecule has 2 aromatic heterocycles. The predicted molar refractivity (Wildman–Crippen MR) is 58.6 cm³/mol. The fourth-order valence-corrected chi connectivity index (χ4v) is 1.59. The topological polar surface area (TPSA) is 86.4 Å². The van der Waals surface area contributed by atoms with Crippen LogP contribution in [0, 0.1) is 4.77 Å². The molecule has 0 aromatic carbocycles. The number of nitrogens with zero attached hydrogens (tertiary/aromatic N) is 1. The molecule has 0 bridgehead atoms. The highest BCUT2D eigenvalue weighted by atomic mass is 32.1. The van der Waals surface area contributed by atoms with Crippen LogP contribution in [0.2, 0.25) is 0 Å². The first kappa shape index (κ1) is 9.66. The summed E-state index contributed by atoms with van der Waals surface area (Å²) in [4.78, 5) is 30.4. The van der Waals surface area contributed by atoms with Crippen molar-refractivity contribution in [3.05, 3.63) is 38.3 Å². The van der Waals surface area contributed by atoms with Gasteiger partial charge in [0.2, 0.25) is 0 Å². The van der Waals surface area contributed by atoms with Gasteiger partial charge in [0, 0.05) is 6.54 Å². The molecule has 0 spiro atoms. The first-order chi connectivity index (χ1) is 7.13. The zero-order valence-corrected chi connectivity index (χ0v) is 8.48. The molecule has 0 unspecified atom stereocenters. The van der Waals surface area contributed by atoms with E-state index in [-0.39, 0.29) is 15.8 Å². The number of allylic oxidation sites excluding steroid dienone is 1. The SMILES string of the molecule is C=CCn1c(=S)[nH]c2[nH]c(=O)[nH]c2c1=O. The Kier molecular flexibility index (Phi) is 2.16. The van der Waals surface area contributed by atoms with Crippen molar-refractivity contribution in [3.8, 4) is 0 Å². The van der Waals surface area contributed by atoms with Crippen molar-refractivity contribution in [2.45, 2.75) is 6.54 Å². The molecule has 0 saturated carbocycles. The Labute approximate surface area is 88.3 Å². The fourth-order valence-electron chi connectivity index (χ4n) is 1.33. The van der Waals surface area contributed by atoms with Gasteiger partial charge in [-0.15, -0.1) is 6.58 Å². The van der Waals surface area contributed by atoms with E-state index in [0.29, 0.717) is 12.2 Å². The summed E-state index contributed by atoms with van der Waals surface area (Å²) < 4.78 is 1.57. The van der Waals surface area contributed by atoms with Crippen LogP contribution in [0.1, 0.15) is 0 Å². The first-order valence-electron chi connectivity index (χ1n) is 4.19. The van der Waals surface area contributed by atoms with Crippen molar-refractivity contribution in [2.24, 2.45) is 0 Å². The number of H-pyrrole nitrogens is 3. The molecule has 0 aliphatic carbocycles. The molecule has 0 aliphatic heterocycles. The van der Waals surface area contributed by atoms with E-state index in [9.17, 15) is 9.59 Å². The van der Waals surface area contributed by atoms with Crippen molar-refractivity contribution in [1.82, 2.24) is 19.5 Å². The van der Waals surface area contributed by atoms with Crippen LogP contribution < -0.4 is 11.2 Å². The number of fused-ring (bicyclic) bond motifs is 1. The van der Waals surface area contributed by atoms with Crippen LogP contribution in [0.4, 0.5) is 0 Å². The number of nitrogens with one attached hydrogen (secondary N) is 3. The normalized spacial score (nSPS) is 10.7. The summed E-state index contributed by atoms with van der Waals surface area (Å²) >= 11 is 4.97. The van der Waals surface area contributed by atoms with Gasteiger partial charge < -0.3 is 4.98 Å². The van der Waals surface area contributed by atoms with Crippen LogP contribution >= 0.6 is 12.2 Å². The molecule has 0 amide bonds. The molecular weight excluding hydrogens is 216 g/mol. The lowest BCUT2D eigenvalue weighted by atomic mass is 10.5. The van der Waals surface area contributed by atoms with E-state index in [1.165, 1.54) is 4.57 Å². The van der Waals surface area contributed by atoms with E-state index in [1.807, 2.05) is 0 Å². The van der Waals surface area contributed by atoms with Gasteiger partial charge in [0.1, 0.15) is 5.65 Å². The summed E-state index contributed by atoms with van der Waals surface area (Å²) in [5.74, 6) is 0. The number of aromatic nitrogens is 4. The molecule has 7 heteroatoms. The van der Waals surface area contributed by atoms with Crippen LogP contribution in [0.5, 0.6) is 0 Å². The average Bonchev–Trinajstić information content (AvgIpc) is 2.53. The second kappa shape index (κ2) is 3.35. The Morgan fingerprint density at radius 2 is 2.07 bits per heavy atom. The van der Waals surface area contributed by atoms with Gasteiger partial charge in [-0.3, -0.25) is 19.3 Å². The summed E-state index contributed by atoms with van der Waals surface area (Å²) in [7, 11) is 0. The molecule has 78 valence electrons. The molecule has 0 saturated heterocycles. The maximum absolute atomic E-state index is 11.8. The summed E-state index contributed by atoms with van der Waals surface area (Å²) in [6.45, 7) is 3.83. The van der Waals surface area contributed by atoms with Crippen LogP contribution in [-0.2, 0) is 6.54 Å². The summed E-state index contributed by atoms with van der Waals surface area (Å²) in [5, 5.41) is 0. The monoisotopic (exact) mass is 224 g/mol. The second-order valence-electron chi connectivity index (χ2n) is 2.96. The minimum absolute atomic E-state index is 0.190. The van der Waals surface area contributed by atoms with Gasteiger partial charge in [0.15, 0.2) is 10.3 Å². The highest BCUT2D eigenvalue weighted by Gasteiger charge is 2.06. The van der Waals surface area contributed by atoms with Gasteiger partial charge in [0.25, 0.3) is 5.56 Å². The molecule has 2 aromatic rings. The number of hydrogen-bond donors (Lipinski definition) is 3. The Hall–Kier alpha value is -1.89. The zero-order valence-electron chi connectivity index (χ0n) is 7.66. The number of imidazole rings is 1. The first-order valence-corrected chi connectivity index (χ1v) is 4.60. The van der Waals surface area contributed by atoms with E-state index in [4.69, 9.17) is 12.2 Å². The van der Waals surface area contributed by atoms with Crippen molar-refractivity contribution in [1.29, 1.82) is 0 Å². The van der Waals surface area contributed by atoms with Gasteiger partial charge in [-0.2, -0.15) is 0 Å². The fraction of sp³-hybridized carbons (Fsp3) is 0.125. The Morgan fingerprint density at radius 3 is 2.73 bits per heavy atom. The maximum Gasteiger partial charge on any atom is 0.325 e. The molecule has 0 fully saturated rings. The molecule has 6 nitrogen and oxygen atoms in total. The van der Waals surface area contributed by atoms with Crippen LogP contribution in [0.15, 0.2) is 22.2 Å². The standard InChI is InChI=1S/C8H8N4O2S/c1-2-3-12-6(13)4-5(11-8(12)15)10-7(14)9-4/h2H,1,3H2,(H,11,15)(H2,9,10,14). The number of aromatic amines is 3. The quantitative estimate of drug-likeness (QED) is 0.505. The Balaban J connectivity index is 2.95. The van der Waals surface area contributed by atoms with Crippen LogP contribution in [0.25, 0.3) is 11.2 Å². The van der Waals surface area contributed by atoms with Gasteiger partial charge in [0.05, 0.1) is 0 Å². The zero-order chi connectivity index (χ0) is 11.0. The van der Waals surface area contributed by atoms with Gasteiger partial charge in [-0.1, -0.05) is 6.08 Å². The molecule has 0 radical (unpaired) electrons. The average molecular weight is 224 g/mol. The van der Waals surface area contributed by atoms with Gasteiger partial charge in [-0.25, -0.2) is 4.79 Å². The summed E-state index contributed by atoms with van der Waals surface area (Å²) in [6.07, 6.45) is 1.56. The molecule has 2 heterocycles. The van der Waals surface area contributed by atoms with E-state index < -0.39 is 5.69 Å². The van der Waals surface area contributed by atoms with E-state index in [0.717, 1.165) is 0 Å². The third-order valence-corrected chi connectivity index (χ3v) is 2.30. The summed E-state index contributed by atoms with van der Waals surface area (Å²) in [6, 6.07) is 0. The van der Waals surface area contributed by atoms with Crippen LogP contribution in [-0.4, -0.2) is 19.5 Å². The lowest BCUT2D eigenvalue weighted by Gasteiger charge is -2.01. The number of hydrogen-bond acceptors (Lipinski definition) is 3. The van der Waals surface area contributed by atoms with Crippen LogP contribution in [0.3, 0.4) is 0 Å². The summed E-state index contributed by atoms with van der Waals surface area (Å²) in [5.41, 5.74) is -0.276. The molecule has 15 heavy (non-hydrogen) atoms.